The van der Waals surface area contributed by atoms with Gasteiger partial charge in [-0.05, 0) is 36.4 Å². The Balaban J connectivity index is 1.38. The molecule has 2 heterocycles. The fourth-order valence-electron chi connectivity index (χ4n) is 3.23. The normalized spacial score (nSPS) is 10.8. The number of para-hydroxylation sites is 3. The second-order valence-corrected chi connectivity index (χ2v) is 6.68. The molecule has 5 aromatic rings. The van der Waals surface area contributed by atoms with Gasteiger partial charge in [0, 0.05) is 22.8 Å². The van der Waals surface area contributed by atoms with Crippen molar-refractivity contribution >= 4 is 22.6 Å². The maximum Gasteiger partial charge on any atom is 0.320 e. The van der Waals surface area contributed by atoms with Gasteiger partial charge >= 0.3 is 6.01 Å². The van der Waals surface area contributed by atoms with E-state index >= 15 is 0 Å². The number of fused-ring (bicyclic) bond motifs is 1. The Hall–Kier alpha value is -4.19. The van der Waals surface area contributed by atoms with Crippen LogP contribution in [0.15, 0.2) is 95.5 Å². The number of hydrogen-bond donors (Lipinski definition) is 1. The van der Waals surface area contributed by atoms with Crippen LogP contribution in [0.3, 0.4) is 0 Å². The lowest BCUT2D eigenvalue weighted by Crippen LogP contribution is -1.98. The molecule has 0 aliphatic heterocycles. The zero-order chi connectivity index (χ0) is 20.2. The Morgan fingerprint density at radius 1 is 0.800 bits per heavy atom. The lowest BCUT2D eigenvalue weighted by molar-refractivity contribution is 0.308. The highest BCUT2D eigenvalue weighted by molar-refractivity contribution is 5.81. The monoisotopic (exact) mass is 394 g/mol. The van der Waals surface area contributed by atoms with Gasteiger partial charge in [0.15, 0.2) is 0 Å². The standard InChI is InChI=1S/C24H18N4O2/c1-2-8-18(9-3-1)26-24-28-27-23(30-24)20-11-5-7-13-22(20)29-16-17-14-15-25-21-12-6-4-10-19(17)21/h1-15H,16H2,(H,26,28). The Labute approximate surface area is 173 Å². The smallest absolute Gasteiger partial charge is 0.320 e. The van der Waals surface area contributed by atoms with Crippen LogP contribution >= 0.6 is 0 Å². The molecule has 1 N–H and O–H groups in total. The van der Waals surface area contributed by atoms with Crippen molar-refractivity contribution in [1.29, 1.82) is 0 Å². The fourth-order valence-corrected chi connectivity index (χ4v) is 3.23. The summed E-state index contributed by atoms with van der Waals surface area (Å²) in [5.74, 6) is 1.07. The van der Waals surface area contributed by atoms with Crippen LogP contribution in [0.1, 0.15) is 5.56 Å². The Kier molecular flexibility index (Phi) is 4.79. The highest BCUT2D eigenvalue weighted by Gasteiger charge is 2.14. The first-order chi connectivity index (χ1) is 14.9. The zero-order valence-electron chi connectivity index (χ0n) is 16.0. The molecule has 6 nitrogen and oxygen atoms in total. The van der Waals surface area contributed by atoms with E-state index in [-0.39, 0.29) is 0 Å². The van der Waals surface area contributed by atoms with Crippen LogP contribution in [-0.2, 0) is 6.61 Å². The SMILES string of the molecule is c1ccc(Nc2nnc(-c3ccccc3OCc3ccnc4ccccc34)o2)cc1. The van der Waals surface area contributed by atoms with Gasteiger partial charge in [-0.2, -0.15) is 0 Å². The summed E-state index contributed by atoms with van der Waals surface area (Å²) < 4.78 is 12.0. The van der Waals surface area contributed by atoms with E-state index in [0.29, 0.717) is 24.3 Å². The molecule has 0 saturated carbocycles. The van der Waals surface area contributed by atoms with Crippen LogP contribution in [0.4, 0.5) is 11.7 Å². The molecule has 146 valence electrons. The summed E-state index contributed by atoms with van der Waals surface area (Å²) in [7, 11) is 0. The van der Waals surface area contributed by atoms with E-state index in [1.54, 1.807) is 6.20 Å². The van der Waals surface area contributed by atoms with Crippen molar-refractivity contribution in [3.8, 4) is 17.2 Å². The first-order valence-corrected chi connectivity index (χ1v) is 9.57. The summed E-state index contributed by atoms with van der Waals surface area (Å²) in [4.78, 5) is 4.40. The zero-order valence-corrected chi connectivity index (χ0v) is 16.0. The minimum Gasteiger partial charge on any atom is -0.488 e. The Morgan fingerprint density at radius 2 is 1.60 bits per heavy atom. The van der Waals surface area contributed by atoms with Crippen molar-refractivity contribution in [2.24, 2.45) is 0 Å². The van der Waals surface area contributed by atoms with Crippen LogP contribution in [0, 0.1) is 0 Å². The average molecular weight is 394 g/mol. The van der Waals surface area contributed by atoms with Crippen molar-refractivity contribution in [2.45, 2.75) is 6.61 Å². The first kappa shape index (κ1) is 17.9. The van der Waals surface area contributed by atoms with Crippen LogP contribution in [0.5, 0.6) is 5.75 Å². The highest BCUT2D eigenvalue weighted by Crippen LogP contribution is 2.31. The van der Waals surface area contributed by atoms with Crippen LogP contribution in [-0.4, -0.2) is 15.2 Å². The molecular formula is C24H18N4O2. The predicted molar refractivity (Wildman–Crippen MR) is 116 cm³/mol. The maximum absolute atomic E-state index is 6.14. The number of nitrogens with zero attached hydrogens (tertiary/aromatic N) is 3. The van der Waals surface area contributed by atoms with Crippen LogP contribution < -0.4 is 10.1 Å². The number of aromatic nitrogens is 3. The number of rotatable bonds is 6. The number of ether oxygens (including phenoxy) is 1. The molecule has 0 spiro atoms. The maximum atomic E-state index is 6.14. The van der Waals surface area contributed by atoms with E-state index in [1.807, 2.05) is 84.9 Å². The van der Waals surface area contributed by atoms with Crippen molar-refractivity contribution < 1.29 is 9.15 Å². The number of benzene rings is 3. The topological polar surface area (TPSA) is 73.1 Å². The van der Waals surface area contributed by atoms with Crippen molar-refractivity contribution in [3.05, 3.63) is 96.7 Å². The van der Waals surface area contributed by atoms with Gasteiger partial charge in [-0.3, -0.25) is 4.98 Å². The van der Waals surface area contributed by atoms with Gasteiger partial charge in [0.05, 0.1) is 11.1 Å². The molecule has 0 atom stereocenters. The highest BCUT2D eigenvalue weighted by atomic mass is 16.5. The lowest BCUT2D eigenvalue weighted by atomic mass is 10.1. The molecule has 0 amide bonds. The second-order valence-electron chi connectivity index (χ2n) is 6.68. The fraction of sp³-hybridized carbons (Fsp3) is 0.0417. The molecule has 0 radical (unpaired) electrons. The summed E-state index contributed by atoms with van der Waals surface area (Å²) in [6.07, 6.45) is 1.80. The molecule has 0 aliphatic rings. The third kappa shape index (κ3) is 3.71. The largest absolute Gasteiger partial charge is 0.488 e. The summed E-state index contributed by atoms with van der Waals surface area (Å²) >= 11 is 0. The summed E-state index contributed by atoms with van der Waals surface area (Å²) in [5, 5.41) is 12.5. The minimum absolute atomic E-state index is 0.325. The van der Waals surface area contributed by atoms with Crippen LogP contribution in [0.25, 0.3) is 22.4 Å². The van der Waals surface area contributed by atoms with Crippen LogP contribution in [0.2, 0.25) is 0 Å². The molecule has 0 bridgehead atoms. The Bertz CT molecular complexity index is 1280. The predicted octanol–water partition coefficient (Wildman–Crippen LogP) is 5.61. The van der Waals surface area contributed by atoms with Gasteiger partial charge in [0.1, 0.15) is 12.4 Å². The third-order valence-electron chi connectivity index (χ3n) is 4.69. The number of hydrogen-bond acceptors (Lipinski definition) is 6. The van der Waals surface area contributed by atoms with Crippen molar-refractivity contribution in [3.63, 3.8) is 0 Å². The molecular weight excluding hydrogens is 376 g/mol. The minimum atomic E-state index is 0.325. The molecule has 2 aromatic heterocycles. The van der Waals surface area contributed by atoms with E-state index in [1.165, 1.54) is 0 Å². The van der Waals surface area contributed by atoms with E-state index in [2.05, 4.69) is 20.5 Å². The Morgan fingerprint density at radius 3 is 2.53 bits per heavy atom. The van der Waals surface area contributed by atoms with E-state index < -0.39 is 0 Å². The summed E-state index contributed by atoms with van der Waals surface area (Å²) in [6, 6.07) is 27.6. The van der Waals surface area contributed by atoms with Gasteiger partial charge in [-0.25, -0.2) is 0 Å². The molecule has 0 unspecified atom stereocenters. The third-order valence-corrected chi connectivity index (χ3v) is 4.69. The van der Waals surface area contributed by atoms with Gasteiger partial charge in [-0.15, -0.1) is 5.10 Å². The number of pyridine rings is 1. The van der Waals surface area contributed by atoms with Crippen molar-refractivity contribution in [1.82, 2.24) is 15.2 Å². The molecule has 0 fully saturated rings. The first-order valence-electron chi connectivity index (χ1n) is 9.57. The van der Waals surface area contributed by atoms with E-state index in [0.717, 1.165) is 27.7 Å². The van der Waals surface area contributed by atoms with E-state index in [9.17, 15) is 0 Å². The molecule has 6 heteroatoms. The van der Waals surface area contributed by atoms with Gasteiger partial charge in [0.25, 0.3) is 5.89 Å². The molecule has 30 heavy (non-hydrogen) atoms. The van der Waals surface area contributed by atoms with Gasteiger partial charge in [-0.1, -0.05) is 53.6 Å². The van der Waals surface area contributed by atoms with E-state index in [4.69, 9.17) is 9.15 Å². The quantitative estimate of drug-likeness (QED) is 0.404. The molecule has 0 aliphatic carbocycles. The number of nitrogens with one attached hydrogen (secondary N) is 1. The van der Waals surface area contributed by atoms with Gasteiger partial charge < -0.3 is 14.5 Å². The molecule has 0 saturated heterocycles. The molecule has 3 aromatic carbocycles. The number of anilines is 2. The van der Waals surface area contributed by atoms with Gasteiger partial charge in [0.2, 0.25) is 0 Å². The summed E-state index contributed by atoms with van der Waals surface area (Å²) in [6.45, 7) is 0.406. The average Bonchev–Trinajstić information content (AvgIpc) is 3.27. The van der Waals surface area contributed by atoms with Crippen molar-refractivity contribution in [2.75, 3.05) is 5.32 Å². The summed E-state index contributed by atoms with van der Waals surface area (Å²) in [5.41, 5.74) is 3.62. The molecule has 5 rings (SSSR count). The second kappa shape index (κ2) is 8.05. The lowest BCUT2D eigenvalue weighted by Gasteiger charge is -2.11.